The number of aromatic nitrogens is 2. The third-order valence-electron chi connectivity index (χ3n) is 5.52. The number of amides is 1. The molecule has 1 saturated carbocycles. The highest BCUT2D eigenvalue weighted by atomic mass is 32.2. The predicted molar refractivity (Wildman–Crippen MR) is 118 cm³/mol. The zero-order chi connectivity index (χ0) is 22.4. The summed E-state index contributed by atoms with van der Waals surface area (Å²) in [6.07, 6.45) is 2.98. The molecule has 1 heterocycles. The molecule has 1 aliphatic rings. The van der Waals surface area contributed by atoms with Gasteiger partial charge in [-0.2, -0.15) is 0 Å². The van der Waals surface area contributed by atoms with Gasteiger partial charge < -0.3 is 24.9 Å². The predicted octanol–water partition coefficient (Wildman–Crippen LogP) is 2.18. The normalized spacial score (nSPS) is 18.5. The fourth-order valence-electron chi connectivity index (χ4n) is 3.75. The van der Waals surface area contributed by atoms with Gasteiger partial charge in [-0.1, -0.05) is 0 Å². The SMILES string of the molecule is COc1cc2nc(CSCC(=O)NCC3CCC(C(=O)O)CC3)[nH]c(=O)c2cc1OC. The number of aromatic amines is 1. The monoisotopic (exact) mass is 449 g/mol. The average molecular weight is 450 g/mol. The molecular weight excluding hydrogens is 422 g/mol. The Hall–Kier alpha value is -2.75. The topological polar surface area (TPSA) is 131 Å². The molecule has 168 valence electrons. The number of fused-ring (bicyclic) bond motifs is 1. The van der Waals surface area contributed by atoms with Crippen LogP contribution < -0.4 is 20.3 Å². The lowest BCUT2D eigenvalue weighted by Gasteiger charge is -2.26. The zero-order valence-corrected chi connectivity index (χ0v) is 18.4. The first-order chi connectivity index (χ1) is 14.9. The van der Waals surface area contributed by atoms with E-state index >= 15 is 0 Å². The van der Waals surface area contributed by atoms with E-state index in [1.165, 1.54) is 26.0 Å². The third-order valence-corrected chi connectivity index (χ3v) is 6.46. The van der Waals surface area contributed by atoms with Crippen molar-refractivity contribution in [1.82, 2.24) is 15.3 Å². The van der Waals surface area contributed by atoms with Crippen LogP contribution in [0, 0.1) is 11.8 Å². The van der Waals surface area contributed by atoms with Crippen molar-refractivity contribution in [2.45, 2.75) is 31.4 Å². The number of carbonyl (C=O) groups is 2. The van der Waals surface area contributed by atoms with E-state index < -0.39 is 5.97 Å². The number of nitrogens with zero attached hydrogens (tertiary/aromatic N) is 1. The second kappa shape index (κ2) is 10.5. The molecule has 3 rings (SSSR count). The van der Waals surface area contributed by atoms with E-state index in [2.05, 4.69) is 15.3 Å². The number of methoxy groups -OCH3 is 2. The van der Waals surface area contributed by atoms with Crippen LogP contribution in [-0.2, 0) is 15.3 Å². The Morgan fingerprint density at radius 2 is 1.87 bits per heavy atom. The summed E-state index contributed by atoms with van der Waals surface area (Å²) in [4.78, 5) is 42.7. The van der Waals surface area contributed by atoms with Crippen LogP contribution >= 0.6 is 11.8 Å². The molecule has 0 aliphatic heterocycles. The van der Waals surface area contributed by atoms with Gasteiger partial charge in [-0.05, 0) is 37.7 Å². The summed E-state index contributed by atoms with van der Waals surface area (Å²) in [7, 11) is 3.02. The van der Waals surface area contributed by atoms with Gasteiger partial charge in [0.2, 0.25) is 5.91 Å². The molecule has 0 radical (unpaired) electrons. The van der Waals surface area contributed by atoms with Gasteiger partial charge in [0, 0.05) is 12.6 Å². The highest BCUT2D eigenvalue weighted by molar-refractivity contribution is 7.99. The van der Waals surface area contributed by atoms with Gasteiger partial charge >= 0.3 is 5.97 Å². The van der Waals surface area contributed by atoms with E-state index in [1.54, 1.807) is 12.1 Å². The van der Waals surface area contributed by atoms with Crippen molar-refractivity contribution in [3.63, 3.8) is 0 Å². The summed E-state index contributed by atoms with van der Waals surface area (Å²) in [5.41, 5.74) is 0.224. The van der Waals surface area contributed by atoms with E-state index in [4.69, 9.17) is 14.6 Å². The maximum atomic E-state index is 12.4. The lowest BCUT2D eigenvalue weighted by Crippen LogP contribution is -2.33. The van der Waals surface area contributed by atoms with Crippen molar-refractivity contribution >= 4 is 34.5 Å². The third kappa shape index (κ3) is 5.90. The van der Waals surface area contributed by atoms with Gasteiger partial charge in [0.15, 0.2) is 11.5 Å². The first-order valence-corrected chi connectivity index (χ1v) is 11.3. The minimum atomic E-state index is -0.725. The number of thioether (sulfide) groups is 1. The van der Waals surface area contributed by atoms with Crippen LogP contribution in [-0.4, -0.2) is 53.5 Å². The Kier molecular flexibility index (Phi) is 7.78. The maximum Gasteiger partial charge on any atom is 0.306 e. The lowest BCUT2D eigenvalue weighted by atomic mass is 9.82. The number of carbonyl (C=O) groups excluding carboxylic acids is 1. The van der Waals surface area contributed by atoms with Crippen LogP contribution in [0.25, 0.3) is 10.9 Å². The number of benzene rings is 1. The van der Waals surface area contributed by atoms with Gasteiger partial charge in [-0.25, -0.2) is 4.98 Å². The average Bonchev–Trinajstić information content (AvgIpc) is 2.77. The first-order valence-electron chi connectivity index (χ1n) is 10.1. The molecular formula is C21H27N3O6S. The zero-order valence-electron chi connectivity index (χ0n) is 17.6. The summed E-state index contributed by atoms with van der Waals surface area (Å²) in [5.74, 6) is 1.33. The number of carboxylic acid groups (broad SMARTS) is 1. The summed E-state index contributed by atoms with van der Waals surface area (Å²) in [6.45, 7) is 0.568. The maximum absolute atomic E-state index is 12.4. The van der Waals surface area contributed by atoms with E-state index in [-0.39, 0.29) is 23.1 Å². The van der Waals surface area contributed by atoms with E-state index in [0.717, 1.165) is 12.8 Å². The Labute approximate surface area is 183 Å². The molecule has 0 spiro atoms. The number of hydrogen-bond donors (Lipinski definition) is 3. The van der Waals surface area contributed by atoms with Crippen molar-refractivity contribution in [2.24, 2.45) is 11.8 Å². The summed E-state index contributed by atoms with van der Waals surface area (Å²) >= 11 is 1.36. The first kappa shape index (κ1) is 22.9. The molecule has 1 aromatic heterocycles. The van der Waals surface area contributed by atoms with Gasteiger partial charge in [-0.15, -0.1) is 11.8 Å². The number of H-pyrrole nitrogens is 1. The second-order valence-corrected chi connectivity index (χ2v) is 8.58. The standard InChI is InChI=1S/C21H27N3O6S/c1-29-16-7-14-15(8-17(16)30-2)23-18(24-20(14)26)10-31-11-19(25)22-9-12-3-5-13(6-4-12)21(27)28/h7-8,12-13H,3-6,9-11H2,1-2H3,(H,22,25)(H,27,28)(H,23,24,26). The largest absolute Gasteiger partial charge is 0.493 e. The Bertz CT molecular complexity index is 1000. The summed E-state index contributed by atoms with van der Waals surface area (Å²) in [5, 5.41) is 12.4. The van der Waals surface area contributed by atoms with E-state index in [1.807, 2.05) is 0 Å². The van der Waals surface area contributed by atoms with Crippen molar-refractivity contribution in [2.75, 3.05) is 26.5 Å². The molecule has 2 aromatic rings. The molecule has 0 saturated heterocycles. The molecule has 9 nitrogen and oxygen atoms in total. The molecule has 1 amide bonds. The van der Waals surface area contributed by atoms with Crippen LogP contribution in [0.5, 0.6) is 11.5 Å². The van der Waals surface area contributed by atoms with Crippen molar-refractivity contribution in [1.29, 1.82) is 0 Å². The smallest absolute Gasteiger partial charge is 0.306 e. The van der Waals surface area contributed by atoms with Crippen molar-refractivity contribution in [3.05, 3.63) is 28.3 Å². The molecule has 0 unspecified atom stereocenters. The van der Waals surface area contributed by atoms with E-state index in [9.17, 15) is 14.4 Å². The lowest BCUT2D eigenvalue weighted by molar-refractivity contribution is -0.143. The molecule has 0 bridgehead atoms. The Morgan fingerprint density at radius 1 is 1.19 bits per heavy atom. The molecule has 1 aliphatic carbocycles. The van der Waals surface area contributed by atoms with Gasteiger partial charge in [0.25, 0.3) is 5.56 Å². The number of hydrogen-bond acceptors (Lipinski definition) is 7. The molecule has 3 N–H and O–H groups in total. The summed E-state index contributed by atoms with van der Waals surface area (Å²) < 4.78 is 10.5. The van der Waals surface area contributed by atoms with Gasteiger partial charge in [0.1, 0.15) is 5.82 Å². The van der Waals surface area contributed by atoms with Crippen molar-refractivity contribution in [3.8, 4) is 11.5 Å². The molecule has 31 heavy (non-hydrogen) atoms. The molecule has 1 aromatic carbocycles. The highest BCUT2D eigenvalue weighted by Gasteiger charge is 2.25. The quantitative estimate of drug-likeness (QED) is 0.531. The number of rotatable bonds is 9. The Morgan fingerprint density at radius 3 is 2.52 bits per heavy atom. The molecule has 0 atom stereocenters. The number of aliphatic carboxylic acids is 1. The minimum Gasteiger partial charge on any atom is -0.493 e. The second-order valence-electron chi connectivity index (χ2n) is 7.59. The van der Waals surface area contributed by atoms with Crippen LogP contribution in [0.15, 0.2) is 16.9 Å². The fourth-order valence-corrected chi connectivity index (χ4v) is 4.47. The highest BCUT2D eigenvalue weighted by Crippen LogP contribution is 2.30. The molecule has 1 fully saturated rings. The number of nitrogens with one attached hydrogen (secondary N) is 2. The van der Waals surface area contributed by atoms with Crippen LogP contribution in [0.1, 0.15) is 31.5 Å². The number of carboxylic acids is 1. The molecule has 10 heteroatoms. The van der Waals surface area contributed by atoms with Gasteiger partial charge in [0.05, 0.1) is 42.5 Å². The number of ether oxygens (including phenoxy) is 2. The van der Waals surface area contributed by atoms with Crippen molar-refractivity contribution < 1.29 is 24.2 Å². The Balaban J connectivity index is 1.49. The fraction of sp³-hybridized carbons (Fsp3) is 0.524. The van der Waals surface area contributed by atoms with Crippen LogP contribution in [0.4, 0.5) is 0 Å². The van der Waals surface area contributed by atoms with Gasteiger partial charge in [-0.3, -0.25) is 14.4 Å². The van der Waals surface area contributed by atoms with E-state index in [0.29, 0.717) is 59.3 Å². The van der Waals surface area contributed by atoms with Crippen LogP contribution in [0.3, 0.4) is 0 Å². The summed E-state index contributed by atoms with van der Waals surface area (Å²) in [6, 6.07) is 3.25. The minimum absolute atomic E-state index is 0.0834. The van der Waals surface area contributed by atoms with Crippen LogP contribution in [0.2, 0.25) is 0 Å².